The van der Waals surface area contributed by atoms with Crippen LogP contribution in [0.4, 0.5) is 0 Å². The Bertz CT molecular complexity index is 172. The summed E-state index contributed by atoms with van der Waals surface area (Å²) in [5.41, 5.74) is 10.1. The number of rotatable bonds is 6. The minimum Gasteiger partial charge on any atom is -0.471 e. The van der Waals surface area contributed by atoms with E-state index in [1.807, 2.05) is 0 Å². The van der Waals surface area contributed by atoms with E-state index in [-0.39, 0.29) is 16.5 Å². The van der Waals surface area contributed by atoms with Gasteiger partial charge < -0.3 is 27.1 Å². The van der Waals surface area contributed by atoms with Crippen LogP contribution >= 0.6 is 24.4 Å². The van der Waals surface area contributed by atoms with E-state index < -0.39 is 0 Å². The molecule has 0 atom stereocenters. The van der Waals surface area contributed by atoms with Gasteiger partial charge in [-0.3, -0.25) is 0 Å². The fourth-order valence-corrected chi connectivity index (χ4v) is 0.801. The summed E-state index contributed by atoms with van der Waals surface area (Å²) in [6.07, 6.45) is 4.28. The van der Waals surface area contributed by atoms with Crippen LogP contribution in [0.5, 0.6) is 0 Å². The second-order valence-electron chi connectivity index (χ2n) is 3.04. The summed E-state index contributed by atoms with van der Waals surface area (Å²) in [6, 6.07) is 0. The molecule has 17 heavy (non-hydrogen) atoms. The Hall–Kier alpha value is -0.660. The first-order valence-electron chi connectivity index (χ1n) is 5.39. The highest BCUT2D eigenvalue weighted by Crippen LogP contribution is 1.86. The van der Waals surface area contributed by atoms with E-state index >= 15 is 0 Å². The standard InChI is InChI=1S/2C5H11NOS.H3N/c2*1-2-3-4-7-5(6)8;/h2*2-4H2,1H3,(H2,6,8);1H3. The smallest absolute Gasteiger partial charge is 0.253 e. The molecular formula is C10H25N3O2S2. The highest BCUT2D eigenvalue weighted by atomic mass is 32.1. The van der Waals surface area contributed by atoms with Crippen LogP contribution in [0.3, 0.4) is 0 Å². The van der Waals surface area contributed by atoms with Gasteiger partial charge in [0.05, 0.1) is 13.2 Å². The summed E-state index contributed by atoms with van der Waals surface area (Å²) < 4.78 is 9.58. The topological polar surface area (TPSA) is 106 Å². The number of nitrogens with two attached hydrogens (primary N) is 2. The van der Waals surface area contributed by atoms with Crippen molar-refractivity contribution in [2.45, 2.75) is 39.5 Å². The predicted octanol–water partition coefficient (Wildman–Crippen LogP) is 2.26. The minimum atomic E-state index is 0. The van der Waals surface area contributed by atoms with E-state index in [1.54, 1.807) is 0 Å². The Balaban J connectivity index is -0.000000218. The molecule has 0 saturated heterocycles. The summed E-state index contributed by atoms with van der Waals surface area (Å²) in [4.78, 5) is 0. The van der Waals surface area contributed by atoms with Gasteiger partial charge in [-0.15, -0.1) is 0 Å². The molecule has 0 spiro atoms. The van der Waals surface area contributed by atoms with Gasteiger partial charge in [0.25, 0.3) is 10.3 Å². The molecule has 0 amide bonds. The SMILES string of the molecule is CCCCOC(N)=S.CCCCOC(N)=S.N. The van der Waals surface area contributed by atoms with Crippen LogP contribution in [0.15, 0.2) is 0 Å². The van der Waals surface area contributed by atoms with E-state index in [4.69, 9.17) is 20.9 Å². The van der Waals surface area contributed by atoms with Gasteiger partial charge in [0, 0.05) is 0 Å². The molecule has 0 fully saturated rings. The molecule has 0 aliphatic heterocycles. The second kappa shape index (κ2) is 17.7. The summed E-state index contributed by atoms with van der Waals surface area (Å²) in [6.45, 7) is 5.49. The Morgan fingerprint density at radius 1 is 0.882 bits per heavy atom. The van der Waals surface area contributed by atoms with E-state index in [1.165, 1.54) is 0 Å². The Kier molecular flexibility index (Phi) is 22.5. The number of thiocarbonyl (C=S) groups is 2. The number of ether oxygens (including phenoxy) is 2. The molecule has 0 radical (unpaired) electrons. The van der Waals surface area contributed by atoms with Crippen molar-refractivity contribution < 1.29 is 9.47 Å². The van der Waals surface area contributed by atoms with Crippen molar-refractivity contribution in [2.24, 2.45) is 11.5 Å². The molecule has 5 nitrogen and oxygen atoms in total. The molecule has 0 aliphatic carbocycles. The van der Waals surface area contributed by atoms with Crippen molar-refractivity contribution in [3.63, 3.8) is 0 Å². The third-order valence-electron chi connectivity index (χ3n) is 1.48. The molecule has 0 aromatic heterocycles. The average molecular weight is 283 g/mol. The first kappa shape index (κ1) is 21.6. The van der Waals surface area contributed by atoms with Crippen LogP contribution in [-0.2, 0) is 9.47 Å². The molecule has 0 saturated carbocycles. The summed E-state index contributed by atoms with van der Waals surface area (Å²) in [7, 11) is 0. The second-order valence-corrected chi connectivity index (χ2v) is 3.85. The lowest BCUT2D eigenvalue weighted by molar-refractivity contribution is 0.300. The lowest BCUT2D eigenvalue weighted by atomic mass is 10.4. The van der Waals surface area contributed by atoms with Crippen LogP contribution in [0.2, 0.25) is 0 Å². The maximum atomic E-state index is 5.04. The van der Waals surface area contributed by atoms with E-state index in [0.29, 0.717) is 13.2 Å². The Morgan fingerprint density at radius 2 is 1.18 bits per heavy atom. The monoisotopic (exact) mass is 283 g/mol. The maximum Gasteiger partial charge on any atom is 0.253 e. The summed E-state index contributed by atoms with van der Waals surface area (Å²) in [5.74, 6) is 0. The van der Waals surface area contributed by atoms with Crippen LogP contribution < -0.4 is 17.6 Å². The van der Waals surface area contributed by atoms with Gasteiger partial charge in [-0.1, -0.05) is 26.7 Å². The number of hydrogen-bond acceptors (Lipinski definition) is 5. The zero-order valence-electron chi connectivity index (χ0n) is 10.7. The van der Waals surface area contributed by atoms with Crippen LogP contribution in [0.25, 0.3) is 0 Å². The van der Waals surface area contributed by atoms with E-state index in [9.17, 15) is 0 Å². The van der Waals surface area contributed by atoms with Crippen molar-refractivity contribution >= 4 is 34.8 Å². The average Bonchev–Trinajstić information content (AvgIpc) is 2.18. The zero-order valence-corrected chi connectivity index (χ0v) is 12.4. The first-order chi connectivity index (χ1) is 7.54. The normalized spacial score (nSPS) is 8.12. The number of hydrogen-bond donors (Lipinski definition) is 3. The van der Waals surface area contributed by atoms with Crippen molar-refractivity contribution in [1.29, 1.82) is 0 Å². The third-order valence-corrected chi connectivity index (χ3v) is 1.72. The quantitative estimate of drug-likeness (QED) is 0.507. The third kappa shape index (κ3) is 31.3. The lowest BCUT2D eigenvalue weighted by Gasteiger charge is -1.98. The van der Waals surface area contributed by atoms with Crippen molar-refractivity contribution in [3.8, 4) is 0 Å². The maximum absolute atomic E-state index is 5.04. The summed E-state index contributed by atoms with van der Waals surface area (Å²) >= 11 is 8.93. The van der Waals surface area contributed by atoms with Gasteiger partial charge in [0.2, 0.25) is 0 Å². The van der Waals surface area contributed by atoms with Gasteiger partial charge in [-0.2, -0.15) is 0 Å². The fourth-order valence-electron chi connectivity index (χ4n) is 0.634. The number of unbranched alkanes of at least 4 members (excludes halogenated alkanes) is 2. The van der Waals surface area contributed by atoms with Crippen molar-refractivity contribution in [2.75, 3.05) is 13.2 Å². The Morgan fingerprint density at radius 3 is 1.35 bits per heavy atom. The highest BCUT2D eigenvalue weighted by Gasteiger charge is 1.85. The molecule has 0 aromatic rings. The molecule has 0 aromatic carbocycles. The molecule has 0 rings (SSSR count). The molecule has 0 unspecified atom stereocenters. The van der Waals surface area contributed by atoms with Gasteiger partial charge >= 0.3 is 0 Å². The molecule has 0 aliphatic rings. The molecule has 0 bridgehead atoms. The largest absolute Gasteiger partial charge is 0.471 e. The molecular weight excluding hydrogens is 258 g/mol. The van der Waals surface area contributed by atoms with E-state index in [2.05, 4.69) is 38.3 Å². The molecule has 0 heterocycles. The van der Waals surface area contributed by atoms with Crippen molar-refractivity contribution in [3.05, 3.63) is 0 Å². The highest BCUT2D eigenvalue weighted by molar-refractivity contribution is 7.80. The molecule has 7 N–H and O–H groups in total. The van der Waals surface area contributed by atoms with Gasteiger partial charge in [0.15, 0.2) is 0 Å². The van der Waals surface area contributed by atoms with Crippen LogP contribution in [-0.4, -0.2) is 23.6 Å². The Labute approximate surface area is 115 Å². The van der Waals surface area contributed by atoms with Gasteiger partial charge in [-0.05, 0) is 37.3 Å². The minimum absolute atomic E-state index is 0. The predicted molar refractivity (Wildman–Crippen MR) is 80.3 cm³/mol. The molecule has 104 valence electrons. The van der Waals surface area contributed by atoms with Crippen LogP contribution in [0.1, 0.15) is 39.5 Å². The first-order valence-corrected chi connectivity index (χ1v) is 6.20. The lowest BCUT2D eigenvalue weighted by Crippen LogP contribution is -2.12. The summed E-state index contributed by atoms with van der Waals surface area (Å²) in [5, 5.41) is 0.303. The van der Waals surface area contributed by atoms with Crippen molar-refractivity contribution in [1.82, 2.24) is 6.15 Å². The van der Waals surface area contributed by atoms with Gasteiger partial charge in [0.1, 0.15) is 0 Å². The zero-order chi connectivity index (χ0) is 12.8. The van der Waals surface area contributed by atoms with E-state index in [0.717, 1.165) is 25.7 Å². The fraction of sp³-hybridized carbons (Fsp3) is 0.800. The van der Waals surface area contributed by atoms with Gasteiger partial charge in [-0.25, -0.2) is 0 Å². The molecule has 7 heteroatoms. The van der Waals surface area contributed by atoms with Crippen LogP contribution in [0, 0.1) is 0 Å².